The summed E-state index contributed by atoms with van der Waals surface area (Å²) >= 11 is -1.09. The van der Waals surface area contributed by atoms with E-state index in [0.29, 0.717) is 0 Å². The Bertz CT molecular complexity index is 1780. The molecular weight excluding hydrogens is 949 g/mol. The molecule has 0 spiro atoms. The number of anilines is 1. The zero-order valence-electron chi connectivity index (χ0n) is 29.7. The second kappa shape index (κ2) is 18.0. The summed E-state index contributed by atoms with van der Waals surface area (Å²) in [6, 6.07) is 15.4. The van der Waals surface area contributed by atoms with Crippen molar-refractivity contribution < 1.29 is 45.4 Å². The number of hydrogen-bond acceptors (Lipinski definition) is 6. The standard InChI is InChI=1S/C37H44IN4O3.C3H5.U/c1-7-10-26(4)45-34-19-25(3)32(38-15-9-16-38)21-31(34)28-11-8-12-29(20-28)33-23-35-39-27(5)30(22-36(43)44-6)37(42(35)40-33)41-17-13-24(2)14-18-41;1-3-2;/h7-8,11-12,19-21,23,26H,1,9-10,13-18,22H2,2-6H3;3H,1-2H2;/q2*-1;+2/t26-;;/m0../s1. The van der Waals surface area contributed by atoms with Crippen LogP contribution in [0.1, 0.15) is 56.4 Å². The number of methoxy groups -OCH3 is 1. The summed E-state index contributed by atoms with van der Waals surface area (Å²) < 4.78 is 17.9. The maximum atomic E-state index is 12.5. The number of allylic oxidation sites excluding steroid dienone is 1. The first-order chi connectivity index (χ1) is 23.2. The number of benzene rings is 2. The van der Waals surface area contributed by atoms with E-state index < -0.39 is 19.8 Å². The molecule has 4 aromatic rings. The molecule has 1 atom stereocenters. The molecule has 258 valence electrons. The minimum atomic E-state index is -1.09. The minimum absolute atomic E-state index is 0. The van der Waals surface area contributed by atoms with Crippen LogP contribution in [0.15, 0.2) is 67.8 Å². The Hall–Kier alpha value is -2.74. The van der Waals surface area contributed by atoms with E-state index in [1.165, 1.54) is 39.9 Å². The summed E-state index contributed by atoms with van der Waals surface area (Å²) in [5.74, 6) is 3.10. The molecule has 7 nitrogen and oxygen atoms in total. The van der Waals surface area contributed by atoms with E-state index in [-0.39, 0.29) is 49.6 Å². The number of halogens is 1. The number of carbonyl (C=O) groups is 1. The molecular formula is C40H49IN4O3U. The van der Waals surface area contributed by atoms with Crippen LogP contribution in [0.3, 0.4) is 0 Å². The number of nitrogens with zero attached hydrogens (tertiary/aromatic N) is 4. The fourth-order valence-corrected chi connectivity index (χ4v) is 11.0. The smallest absolute Gasteiger partial charge is 0.245 e. The predicted molar refractivity (Wildman–Crippen MR) is 207 cm³/mol. The second-order valence-electron chi connectivity index (χ2n) is 12.6. The van der Waals surface area contributed by atoms with E-state index in [1.54, 1.807) is 3.57 Å². The summed E-state index contributed by atoms with van der Waals surface area (Å²) in [4.78, 5) is 19.8. The zero-order valence-corrected chi connectivity index (χ0v) is 36.0. The number of esters is 1. The van der Waals surface area contributed by atoms with Crippen molar-refractivity contribution in [2.75, 3.05) is 34.0 Å². The van der Waals surface area contributed by atoms with Crippen molar-refractivity contribution in [3.05, 3.63) is 101 Å². The van der Waals surface area contributed by atoms with E-state index >= 15 is 0 Å². The van der Waals surface area contributed by atoms with Crippen molar-refractivity contribution in [1.82, 2.24) is 14.6 Å². The molecule has 0 amide bonds. The van der Waals surface area contributed by atoms with Gasteiger partial charge >= 0.3 is 264 Å². The van der Waals surface area contributed by atoms with Gasteiger partial charge in [0.15, 0.2) is 0 Å². The first-order valence-corrected chi connectivity index (χ1v) is 20.9. The van der Waals surface area contributed by atoms with E-state index in [9.17, 15) is 4.79 Å². The predicted octanol–water partition coefficient (Wildman–Crippen LogP) is 9.02. The Kier molecular flexibility index (Phi) is 14.3. The molecule has 9 heteroatoms. The van der Waals surface area contributed by atoms with E-state index in [1.807, 2.05) is 17.5 Å². The summed E-state index contributed by atoms with van der Waals surface area (Å²) in [6.07, 6.45) is 7.83. The van der Waals surface area contributed by atoms with Crippen LogP contribution in [0.5, 0.6) is 5.75 Å². The Morgan fingerprint density at radius 1 is 1.12 bits per heavy atom. The molecule has 4 heterocycles. The van der Waals surface area contributed by atoms with Crippen LogP contribution >= 0.6 is 19.8 Å². The van der Waals surface area contributed by atoms with Crippen molar-refractivity contribution in [2.24, 2.45) is 0 Å². The number of piperidine rings is 1. The number of fused-ring (bicyclic) bond motifs is 1. The molecule has 0 unspecified atom stereocenters. The van der Waals surface area contributed by atoms with Gasteiger partial charge in [-0.1, -0.05) is 0 Å². The van der Waals surface area contributed by atoms with Gasteiger partial charge in [-0.2, -0.15) is 19.8 Å². The molecule has 0 radical (unpaired) electrons. The van der Waals surface area contributed by atoms with Gasteiger partial charge in [0.25, 0.3) is 0 Å². The van der Waals surface area contributed by atoms with Gasteiger partial charge in [0.2, 0.25) is 0 Å². The number of carbonyl (C=O) groups excluding carboxylic acids is 1. The quantitative estimate of drug-likeness (QED) is 0.0520. The van der Waals surface area contributed by atoms with E-state index in [0.717, 1.165) is 83.2 Å². The molecule has 0 saturated carbocycles. The van der Waals surface area contributed by atoms with Gasteiger partial charge in [0.05, 0.1) is 7.11 Å². The van der Waals surface area contributed by atoms with Crippen LogP contribution in [0.2, 0.25) is 0 Å². The first-order valence-electron chi connectivity index (χ1n) is 16.7. The topological polar surface area (TPSA) is 69.0 Å². The van der Waals surface area contributed by atoms with Crippen molar-refractivity contribution in [3.8, 4) is 28.1 Å². The Labute approximate surface area is 323 Å². The van der Waals surface area contributed by atoms with Crippen molar-refractivity contribution in [3.63, 3.8) is 0 Å². The minimum Gasteiger partial charge on any atom is -0.245 e. The summed E-state index contributed by atoms with van der Waals surface area (Å²) in [7, 11) is 1.43. The van der Waals surface area contributed by atoms with Gasteiger partial charge in [-0.25, -0.2) is 19.6 Å². The van der Waals surface area contributed by atoms with Crippen LogP contribution in [0.4, 0.5) is 5.82 Å². The van der Waals surface area contributed by atoms with Gasteiger partial charge < -0.3 is 10.7 Å². The maximum absolute atomic E-state index is 12.5. The molecule has 2 fully saturated rings. The number of alkyl halides is 2. The fraction of sp³-hybridized carbons (Fsp3) is 0.375. The van der Waals surface area contributed by atoms with Gasteiger partial charge in [0.1, 0.15) is 0 Å². The molecule has 49 heavy (non-hydrogen) atoms. The zero-order chi connectivity index (χ0) is 34.4. The van der Waals surface area contributed by atoms with Gasteiger partial charge in [0, 0.05) is 0 Å². The first kappa shape index (κ1) is 39.1. The average Bonchev–Trinajstić information content (AvgIpc) is 3.46. The Balaban J connectivity index is 0.00000130. The fourth-order valence-electron chi connectivity index (χ4n) is 6.21. The molecule has 0 bridgehead atoms. The summed E-state index contributed by atoms with van der Waals surface area (Å²) in [5, 5.41) is 5.14. The number of ether oxygens (including phenoxy) is 2. The van der Waals surface area contributed by atoms with Crippen molar-refractivity contribution >= 4 is 37.3 Å². The van der Waals surface area contributed by atoms with Crippen molar-refractivity contribution in [1.29, 1.82) is 0 Å². The molecule has 2 aromatic carbocycles. The Morgan fingerprint density at radius 3 is 2.45 bits per heavy atom. The average molecular weight is 999 g/mol. The molecule has 0 aliphatic carbocycles. The van der Waals surface area contributed by atoms with Gasteiger partial charge in [-0.15, -0.1) is 0 Å². The van der Waals surface area contributed by atoms with E-state index in [4.69, 9.17) is 19.6 Å². The molecule has 0 N–H and O–H groups in total. The van der Waals surface area contributed by atoms with Crippen LogP contribution in [0, 0.1) is 61.4 Å². The molecule has 2 aliphatic rings. The monoisotopic (exact) mass is 998 g/mol. The third-order valence-corrected chi connectivity index (χ3v) is 15.8. The normalized spacial score (nSPS) is 15.7. The van der Waals surface area contributed by atoms with Crippen LogP contribution < -0.4 is 9.64 Å². The number of aromatic nitrogens is 3. The SMILES string of the molecule is C=CC[C@H](C)Oc1cc(C)c(I2CCC2)cc1-c1cccc(-c2cc3nc(C)c(CC(=O)OC)c(N4CC[C-](C)CC4)n3n2)c1.C=C[CH2-].[U+2]. The number of rotatable bonds is 10. The molecule has 2 saturated heterocycles. The largest absolute Gasteiger partial charge is 2.00 e. The van der Waals surface area contributed by atoms with Crippen LogP contribution in [0.25, 0.3) is 28.0 Å². The van der Waals surface area contributed by atoms with Crippen LogP contribution in [-0.4, -0.2) is 55.7 Å². The summed E-state index contributed by atoms with van der Waals surface area (Å²) in [6.45, 7) is 20.7. The van der Waals surface area contributed by atoms with Crippen LogP contribution in [-0.2, 0) is 16.0 Å². The maximum Gasteiger partial charge on any atom is 2.00 e. The summed E-state index contributed by atoms with van der Waals surface area (Å²) in [5.41, 5.74) is 8.00. The van der Waals surface area contributed by atoms with Gasteiger partial charge in [-0.05, 0) is 0 Å². The number of aryl methyl sites for hydroxylation is 2. The van der Waals surface area contributed by atoms with Crippen molar-refractivity contribution in [2.45, 2.75) is 65.9 Å². The third kappa shape index (κ3) is 9.14. The number of hydrogen-bond donors (Lipinski definition) is 0. The van der Waals surface area contributed by atoms with E-state index in [2.05, 4.69) is 88.2 Å². The molecule has 2 aliphatic heterocycles. The second-order valence-corrected chi connectivity index (χ2v) is 18.5. The molecule has 6 rings (SSSR count). The van der Waals surface area contributed by atoms with Gasteiger partial charge in [-0.3, -0.25) is 4.79 Å². The Morgan fingerprint density at radius 2 is 1.82 bits per heavy atom. The molecule has 2 aromatic heterocycles. The third-order valence-electron chi connectivity index (χ3n) is 8.91.